The molecule has 3 aromatic rings. The smallest absolute Gasteiger partial charge is 0.253 e. The average molecular weight is 403 g/mol. The van der Waals surface area contributed by atoms with Gasteiger partial charge in [0.25, 0.3) is 5.91 Å². The van der Waals surface area contributed by atoms with E-state index in [0.717, 1.165) is 16.2 Å². The number of rotatable bonds is 5. The molecule has 0 N–H and O–H groups in total. The second-order valence-corrected chi connectivity index (χ2v) is 10.8. The van der Waals surface area contributed by atoms with Crippen molar-refractivity contribution in [2.75, 3.05) is 19.3 Å². The number of carbonyl (C=O) groups excluding carboxylic acids is 1. The van der Waals surface area contributed by atoms with Crippen molar-refractivity contribution in [3.05, 3.63) is 96.6 Å². The van der Waals surface area contributed by atoms with Crippen LogP contribution in [0.5, 0.6) is 0 Å². The maximum absolute atomic E-state index is 14.4. The van der Waals surface area contributed by atoms with E-state index in [4.69, 9.17) is 0 Å². The van der Waals surface area contributed by atoms with E-state index in [1.165, 1.54) is 0 Å². The highest BCUT2D eigenvalue weighted by Gasteiger charge is 2.39. The van der Waals surface area contributed by atoms with Crippen molar-refractivity contribution in [2.45, 2.75) is 6.92 Å². The monoisotopic (exact) mass is 403 g/mol. The van der Waals surface area contributed by atoms with E-state index in [0.29, 0.717) is 25.2 Å². The van der Waals surface area contributed by atoms with Crippen molar-refractivity contribution >= 4 is 23.7 Å². The lowest BCUT2D eigenvalue weighted by Gasteiger charge is -2.24. The van der Waals surface area contributed by atoms with Crippen molar-refractivity contribution < 1.29 is 9.36 Å². The van der Waals surface area contributed by atoms with Crippen LogP contribution in [0.1, 0.15) is 17.3 Å². The molecule has 2 atom stereocenters. The molecule has 2 unspecified atom stereocenters. The Bertz CT molecular complexity index is 961. The van der Waals surface area contributed by atoms with Crippen molar-refractivity contribution in [3.8, 4) is 0 Å². The summed E-state index contributed by atoms with van der Waals surface area (Å²) in [5, 5.41) is 1.79. The molecule has 0 radical (unpaired) electrons. The molecule has 1 heterocycles. The summed E-state index contributed by atoms with van der Waals surface area (Å²) < 4.78 is 14.4. The molecule has 1 aliphatic rings. The van der Waals surface area contributed by atoms with Crippen molar-refractivity contribution in [1.29, 1.82) is 0 Å². The molecule has 4 rings (SSSR count). The summed E-state index contributed by atoms with van der Waals surface area (Å²) >= 11 is 0. The predicted octanol–water partition coefficient (Wildman–Crippen LogP) is 4.41. The zero-order valence-electron chi connectivity index (χ0n) is 16.6. The Balaban J connectivity index is 1.60. The maximum atomic E-state index is 14.4. The van der Waals surface area contributed by atoms with Crippen LogP contribution >= 0.6 is 7.14 Å². The third kappa shape index (κ3) is 4.06. The minimum absolute atomic E-state index is 0.0641. The number of benzene rings is 3. The van der Waals surface area contributed by atoms with Crippen molar-refractivity contribution in [3.63, 3.8) is 0 Å². The lowest BCUT2D eigenvalue weighted by Crippen LogP contribution is -2.30. The summed E-state index contributed by atoms with van der Waals surface area (Å²) in [6.45, 7) is 3.53. The fourth-order valence-electron chi connectivity index (χ4n) is 4.23. The highest BCUT2D eigenvalue weighted by atomic mass is 31.2. The molecule has 0 bridgehead atoms. The minimum atomic E-state index is -2.78. The SMILES string of the molecule is CC1CN(C(=O)c2ccccc2)CC1CP(=O)(c1ccccc1)c1ccccc1. The number of hydrogen-bond acceptors (Lipinski definition) is 2. The molecule has 0 aliphatic carbocycles. The van der Waals surface area contributed by atoms with Gasteiger partial charge in [-0.15, -0.1) is 0 Å². The molecular weight excluding hydrogens is 377 g/mol. The molecule has 0 spiro atoms. The van der Waals surface area contributed by atoms with Gasteiger partial charge in [0.1, 0.15) is 7.14 Å². The fourth-order valence-corrected chi connectivity index (χ4v) is 7.39. The molecule has 0 aromatic heterocycles. The summed E-state index contributed by atoms with van der Waals surface area (Å²) in [5.41, 5.74) is 0.717. The second-order valence-electron chi connectivity index (χ2n) is 7.91. The van der Waals surface area contributed by atoms with Crippen LogP contribution in [0.15, 0.2) is 91.0 Å². The van der Waals surface area contributed by atoms with Gasteiger partial charge in [-0.25, -0.2) is 0 Å². The standard InChI is InChI=1S/C25H26NO2P/c1-20-17-26(25(27)21-11-5-2-6-12-21)18-22(20)19-29(28,23-13-7-3-8-14-23)24-15-9-4-10-16-24/h2-16,20,22H,17-19H2,1H3. The number of hydrogen-bond donors (Lipinski definition) is 0. The first-order valence-corrected chi connectivity index (χ1v) is 12.0. The summed E-state index contributed by atoms with van der Waals surface area (Å²) in [6.07, 6.45) is 0.584. The zero-order chi connectivity index (χ0) is 20.3. The van der Waals surface area contributed by atoms with E-state index in [-0.39, 0.29) is 11.8 Å². The lowest BCUT2D eigenvalue weighted by atomic mass is 10.0. The molecule has 0 saturated carbocycles. The first kappa shape index (κ1) is 19.7. The Morgan fingerprint density at radius 2 is 1.31 bits per heavy atom. The minimum Gasteiger partial charge on any atom is -0.338 e. The second kappa shape index (κ2) is 8.39. The molecule has 3 aromatic carbocycles. The molecule has 29 heavy (non-hydrogen) atoms. The molecule has 148 valence electrons. The van der Waals surface area contributed by atoms with Gasteiger partial charge in [0.15, 0.2) is 0 Å². The fraction of sp³-hybridized carbons (Fsp3) is 0.240. The highest BCUT2D eigenvalue weighted by Crippen LogP contribution is 2.47. The largest absolute Gasteiger partial charge is 0.338 e. The number of carbonyl (C=O) groups is 1. The third-order valence-corrected chi connectivity index (χ3v) is 9.16. The van der Waals surface area contributed by atoms with Gasteiger partial charge in [0.2, 0.25) is 0 Å². The van der Waals surface area contributed by atoms with Gasteiger partial charge in [-0.3, -0.25) is 4.79 Å². The molecular formula is C25H26NO2P. The lowest BCUT2D eigenvalue weighted by molar-refractivity contribution is 0.0785. The van der Waals surface area contributed by atoms with Gasteiger partial charge in [0.05, 0.1) is 0 Å². The van der Waals surface area contributed by atoms with Gasteiger partial charge >= 0.3 is 0 Å². The molecule has 4 heteroatoms. The first-order chi connectivity index (χ1) is 14.1. The summed E-state index contributed by atoms with van der Waals surface area (Å²) in [4.78, 5) is 14.8. The van der Waals surface area contributed by atoms with Gasteiger partial charge in [-0.05, 0) is 24.0 Å². The van der Waals surface area contributed by atoms with E-state index in [9.17, 15) is 9.36 Å². The average Bonchev–Trinajstić information content (AvgIpc) is 3.15. The van der Waals surface area contributed by atoms with Crippen LogP contribution in [0, 0.1) is 11.8 Å². The Hall–Kier alpha value is -2.64. The van der Waals surface area contributed by atoms with Crippen LogP contribution < -0.4 is 10.6 Å². The molecule has 1 saturated heterocycles. The van der Waals surface area contributed by atoms with Crippen LogP contribution in [0.3, 0.4) is 0 Å². The summed E-state index contributed by atoms with van der Waals surface area (Å²) in [6, 6.07) is 29.0. The maximum Gasteiger partial charge on any atom is 0.253 e. The molecule has 3 nitrogen and oxygen atoms in total. The Morgan fingerprint density at radius 1 is 0.828 bits per heavy atom. The number of nitrogens with zero attached hydrogens (tertiary/aromatic N) is 1. The number of likely N-dealkylation sites (tertiary alicyclic amines) is 1. The highest BCUT2D eigenvalue weighted by molar-refractivity contribution is 7.78. The first-order valence-electron chi connectivity index (χ1n) is 10.1. The molecule has 1 fully saturated rings. The predicted molar refractivity (Wildman–Crippen MR) is 120 cm³/mol. The number of amides is 1. The van der Waals surface area contributed by atoms with Gasteiger partial charge < -0.3 is 9.46 Å². The van der Waals surface area contributed by atoms with E-state index in [2.05, 4.69) is 6.92 Å². The van der Waals surface area contributed by atoms with Crippen LogP contribution in [0.25, 0.3) is 0 Å². The van der Waals surface area contributed by atoms with Gasteiger partial charge in [0, 0.05) is 35.4 Å². The van der Waals surface area contributed by atoms with E-state index < -0.39 is 7.14 Å². The quantitative estimate of drug-likeness (QED) is 0.592. The molecule has 1 aliphatic heterocycles. The Labute approximate surface area is 172 Å². The van der Waals surface area contributed by atoms with Crippen LogP contribution in [0.4, 0.5) is 0 Å². The van der Waals surface area contributed by atoms with Crippen molar-refractivity contribution in [1.82, 2.24) is 4.90 Å². The third-order valence-electron chi connectivity index (χ3n) is 5.91. The summed E-state index contributed by atoms with van der Waals surface area (Å²) in [7, 11) is -2.78. The Morgan fingerprint density at radius 3 is 1.83 bits per heavy atom. The van der Waals surface area contributed by atoms with Crippen LogP contribution in [0.2, 0.25) is 0 Å². The molecule has 1 amide bonds. The van der Waals surface area contributed by atoms with Crippen molar-refractivity contribution in [2.24, 2.45) is 11.8 Å². The normalized spacial score (nSPS) is 19.3. The van der Waals surface area contributed by atoms with Gasteiger partial charge in [-0.2, -0.15) is 0 Å². The summed E-state index contributed by atoms with van der Waals surface area (Å²) in [5.74, 6) is 0.575. The van der Waals surface area contributed by atoms with E-state index in [1.54, 1.807) is 0 Å². The van der Waals surface area contributed by atoms with Crippen LogP contribution in [-0.4, -0.2) is 30.1 Å². The van der Waals surface area contributed by atoms with Crippen LogP contribution in [-0.2, 0) is 4.57 Å². The Kier molecular flexibility index (Phi) is 5.69. The van der Waals surface area contributed by atoms with E-state index in [1.807, 2.05) is 95.9 Å². The zero-order valence-corrected chi connectivity index (χ0v) is 17.5. The van der Waals surface area contributed by atoms with Gasteiger partial charge in [-0.1, -0.05) is 85.8 Å². The topological polar surface area (TPSA) is 37.4 Å². The van der Waals surface area contributed by atoms with E-state index >= 15 is 0 Å².